The summed E-state index contributed by atoms with van der Waals surface area (Å²) in [5.74, 6) is 0.897. The number of hydrogen-bond donors (Lipinski definition) is 1. The fraction of sp³-hybridized carbons (Fsp3) is 0.769. The number of nitrogens with zero attached hydrogens (tertiary/aromatic N) is 1. The molecule has 0 bridgehead atoms. The molecule has 1 aromatic heterocycles. The first-order chi connectivity index (χ1) is 7.79. The Hall–Kier alpha value is -0.410. The highest BCUT2D eigenvalue weighted by Crippen LogP contribution is 2.31. The first kappa shape index (κ1) is 12.1. The Labute approximate surface area is 102 Å². The van der Waals surface area contributed by atoms with Crippen molar-refractivity contribution in [3.8, 4) is 0 Å². The van der Waals surface area contributed by atoms with Gasteiger partial charge < -0.3 is 5.32 Å². The van der Waals surface area contributed by atoms with Gasteiger partial charge in [0.05, 0.1) is 10.7 Å². The van der Waals surface area contributed by atoms with Crippen LogP contribution in [0.5, 0.6) is 0 Å². The van der Waals surface area contributed by atoms with Gasteiger partial charge in [-0.3, -0.25) is 0 Å². The summed E-state index contributed by atoms with van der Waals surface area (Å²) >= 11 is 1.77. The maximum absolute atomic E-state index is 4.58. The summed E-state index contributed by atoms with van der Waals surface area (Å²) in [5, 5.41) is 7.10. The van der Waals surface area contributed by atoms with E-state index in [2.05, 4.69) is 29.5 Å². The number of hydrogen-bond acceptors (Lipinski definition) is 3. The van der Waals surface area contributed by atoms with E-state index < -0.39 is 0 Å². The second-order valence-electron chi connectivity index (χ2n) is 4.81. The summed E-state index contributed by atoms with van der Waals surface area (Å²) in [6.07, 6.45) is 6.58. The van der Waals surface area contributed by atoms with Gasteiger partial charge in [0.15, 0.2) is 0 Å². The summed E-state index contributed by atoms with van der Waals surface area (Å²) in [5.41, 5.74) is 1.28. The van der Waals surface area contributed by atoms with Gasteiger partial charge in [-0.25, -0.2) is 4.98 Å². The van der Waals surface area contributed by atoms with Crippen molar-refractivity contribution in [3.63, 3.8) is 0 Å². The Morgan fingerprint density at radius 3 is 2.88 bits per heavy atom. The molecule has 1 fully saturated rings. The van der Waals surface area contributed by atoms with E-state index in [4.69, 9.17) is 0 Å². The van der Waals surface area contributed by atoms with Crippen LogP contribution in [0.25, 0.3) is 0 Å². The molecule has 2 rings (SSSR count). The van der Waals surface area contributed by atoms with Crippen molar-refractivity contribution >= 4 is 11.3 Å². The summed E-state index contributed by atoms with van der Waals surface area (Å²) in [6.45, 7) is 5.47. The van der Waals surface area contributed by atoms with Gasteiger partial charge in [0.1, 0.15) is 0 Å². The van der Waals surface area contributed by atoms with Gasteiger partial charge in [-0.2, -0.15) is 0 Å². The normalized spacial score (nSPS) is 18.4. The number of thiazole rings is 1. The monoisotopic (exact) mass is 238 g/mol. The standard InChI is InChI=1S/C13H22N2S/c1-3-7-14-13(11-5-4-6-11)8-12-9-16-10(2)15-12/h9,11,13-14H,3-8H2,1-2H3. The van der Waals surface area contributed by atoms with Crippen LogP contribution in [0.3, 0.4) is 0 Å². The molecule has 1 aliphatic carbocycles. The Kier molecular flexibility index (Phi) is 4.36. The molecule has 3 heteroatoms. The zero-order valence-electron chi connectivity index (χ0n) is 10.3. The van der Waals surface area contributed by atoms with E-state index in [0.29, 0.717) is 6.04 Å². The van der Waals surface area contributed by atoms with Crippen LogP contribution in [0.15, 0.2) is 5.38 Å². The van der Waals surface area contributed by atoms with Gasteiger partial charge in [0.25, 0.3) is 0 Å². The van der Waals surface area contributed by atoms with E-state index in [1.165, 1.54) is 36.4 Å². The molecule has 90 valence electrons. The second-order valence-corrected chi connectivity index (χ2v) is 5.88. The maximum atomic E-state index is 4.58. The smallest absolute Gasteiger partial charge is 0.0897 e. The first-order valence-corrected chi connectivity index (χ1v) is 7.32. The Balaban J connectivity index is 1.90. The molecule has 1 N–H and O–H groups in total. The molecule has 2 nitrogen and oxygen atoms in total. The number of aromatic nitrogens is 1. The topological polar surface area (TPSA) is 24.9 Å². The molecule has 1 unspecified atom stereocenters. The summed E-state index contributed by atoms with van der Waals surface area (Å²) < 4.78 is 0. The fourth-order valence-corrected chi connectivity index (χ4v) is 2.93. The molecule has 1 atom stereocenters. The van der Waals surface area contributed by atoms with E-state index in [0.717, 1.165) is 18.9 Å². The van der Waals surface area contributed by atoms with Crippen LogP contribution in [0.4, 0.5) is 0 Å². The zero-order valence-corrected chi connectivity index (χ0v) is 11.1. The third-order valence-corrected chi connectivity index (χ3v) is 4.29. The molecule has 0 aliphatic heterocycles. The molecule has 1 saturated carbocycles. The van der Waals surface area contributed by atoms with Crippen LogP contribution < -0.4 is 5.32 Å². The predicted octanol–water partition coefficient (Wildman–Crippen LogP) is 3.16. The molecule has 1 heterocycles. The van der Waals surface area contributed by atoms with E-state index >= 15 is 0 Å². The molecule has 16 heavy (non-hydrogen) atoms. The van der Waals surface area contributed by atoms with E-state index in [9.17, 15) is 0 Å². The molecule has 0 aromatic carbocycles. The first-order valence-electron chi connectivity index (χ1n) is 6.44. The third kappa shape index (κ3) is 3.05. The highest BCUT2D eigenvalue weighted by atomic mass is 32.1. The maximum Gasteiger partial charge on any atom is 0.0897 e. The Morgan fingerprint density at radius 1 is 1.56 bits per heavy atom. The Bertz CT molecular complexity index is 317. The average molecular weight is 238 g/mol. The number of rotatable bonds is 6. The van der Waals surface area contributed by atoms with Gasteiger partial charge >= 0.3 is 0 Å². The van der Waals surface area contributed by atoms with Gasteiger partial charge in [-0.1, -0.05) is 13.3 Å². The van der Waals surface area contributed by atoms with E-state index in [1.807, 2.05) is 0 Å². The molecular weight excluding hydrogens is 216 g/mol. The average Bonchev–Trinajstić information content (AvgIpc) is 2.58. The minimum Gasteiger partial charge on any atom is -0.313 e. The van der Waals surface area contributed by atoms with Gasteiger partial charge in [-0.05, 0) is 38.6 Å². The van der Waals surface area contributed by atoms with Crippen molar-refractivity contribution in [2.45, 2.75) is 52.0 Å². The molecular formula is C13H22N2S. The zero-order chi connectivity index (χ0) is 11.4. The number of aryl methyl sites for hydroxylation is 1. The van der Waals surface area contributed by atoms with E-state index in [-0.39, 0.29) is 0 Å². The highest BCUT2D eigenvalue weighted by Gasteiger charge is 2.27. The minimum absolute atomic E-state index is 0.662. The lowest BCUT2D eigenvalue weighted by atomic mass is 9.78. The van der Waals surface area contributed by atoms with Crippen LogP contribution in [-0.2, 0) is 6.42 Å². The molecule has 0 radical (unpaired) electrons. The van der Waals surface area contributed by atoms with Crippen molar-refractivity contribution < 1.29 is 0 Å². The van der Waals surface area contributed by atoms with Crippen molar-refractivity contribution in [3.05, 3.63) is 16.1 Å². The van der Waals surface area contributed by atoms with Crippen molar-refractivity contribution in [2.75, 3.05) is 6.54 Å². The lowest BCUT2D eigenvalue weighted by Crippen LogP contribution is -2.41. The molecule has 0 spiro atoms. The third-order valence-electron chi connectivity index (χ3n) is 3.47. The highest BCUT2D eigenvalue weighted by molar-refractivity contribution is 7.09. The van der Waals surface area contributed by atoms with Crippen molar-refractivity contribution in [2.24, 2.45) is 5.92 Å². The molecule has 1 aromatic rings. The van der Waals surface area contributed by atoms with Crippen LogP contribution in [0.1, 0.15) is 43.3 Å². The Morgan fingerprint density at radius 2 is 2.38 bits per heavy atom. The molecule has 0 amide bonds. The van der Waals surface area contributed by atoms with Crippen LogP contribution in [-0.4, -0.2) is 17.6 Å². The fourth-order valence-electron chi connectivity index (χ4n) is 2.30. The summed E-state index contributed by atoms with van der Waals surface area (Å²) in [7, 11) is 0. The van der Waals surface area contributed by atoms with Crippen LogP contribution >= 0.6 is 11.3 Å². The largest absolute Gasteiger partial charge is 0.313 e. The van der Waals surface area contributed by atoms with Gasteiger partial charge in [-0.15, -0.1) is 11.3 Å². The lowest BCUT2D eigenvalue weighted by Gasteiger charge is -2.34. The van der Waals surface area contributed by atoms with Crippen molar-refractivity contribution in [1.29, 1.82) is 0 Å². The number of nitrogens with one attached hydrogen (secondary N) is 1. The SMILES string of the molecule is CCCNC(Cc1csc(C)n1)C1CCC1. The van der Waals surface area contributed by atoms with Crippen LogP contribution in [0, 0.1) is 12.8 Å². The summed E-state index contributed by atoms with van der Waals surface area (Å²) in [6, 6.07) is 0.662. The lowest BCUT2D eigenvalue weighted by molar-refractivity contribution is 0.227. The quantitative estimate of drug-likeness (QED) is 0.823. The van der Waals surface area contributed by atoms with E-state index in [1.54, 1.807) is 11.3 Å². The molecule has 1 aliphatic rings. The van der Waals surface area contributed by atoms with Crippen molar-refractivity contribution in [1.82, 2.24) is 10.3 Å². The predicted molar refractivity (Wildman–Crippen MR) is 70.0 cm³/mol. The van der Waals surface area contributed by atoms with Gasteiger partial charge in [0.2, 0.25) is 0 Å². The van der Waals surface area contributed by atoms with Gasteiger partial charge in [0, 0.05) is 17.8 Å². The van der Waals surface area contributed by atoms with Crippen LogP contribution in [0.2, 0.25) is 0 Å². The molecule has 0 saturated heterocycles. The summed E-state index contributed by atoms with van der Waals surface area (Å²) in [4.78, 5) is 4.58. The minimum atomic E-state index is 0.662. The second kappa shape index (κ2) is 5.78.